The number of hydrogen-bond acceptors (Lipinski definition) is 4. The van der Waals surface area contributed by atoms with Crippen molar-refractivity contribution in [1.82, 2.24) is 9.88 Å². The van der Waals surface area contributed by atoms with Crippen molar-refractivity contribution >= 4 is 5.82 Å². The van der Waals surface area contributed by atoms with Gasteiger partial charge in [-0.15, -0.1) is 0 Å². The summed E-state index contributed by atoms with van der Waals surface area (Å²) in [5.41, 5.74) is 1.27. The van der Waals surface area contributed by atoms with Gasteiger partial charge in [0.2, 0.25) is 0 Å². The molecule has 0 saturated carbocycles. The molecule has 1 fully saturated rings. The van der Waals surface area contributed by atoms with Crippen molar-refractivity contribution < 1.29 is 4.74 Å². The summed E-state index contributed by atoms with van der Waals surface area (Å²) in [6, 6.07) is 4.24. The van der Waals surface area contributed by atoms with Gasteiger partial charge >= 0.3 is 0 Å². The Bertz CT molecular complexity index is 385. The van der Waals surface area contributed by atoms with Crippen molar-refractivity contribution in [3.05, 3.63) is 23.9 Å². The Balaban J connectivity index is 1.69. The van der Waals surface area contributed by atoms with E-state index in [1.165, 1.54) is 31.2 Å². The van der Waals surface area contributed by atoms with Gasteiger partial charge in [0.15, 0.2) is 0 Å². The second-order valence-electron chi connectivity index (χ2n) is 5.93. The van der Waals surface area contributed by atoms with Crippen LogP contribution in [0.15, 0.2) is 18.3 Å². The Morgan fingerprint density at radius 1 is 1.30 bits per heavy atom. The molecule has 0 aliphatic carbocycles. The Hall–Kier alpha value is -1.13. The Kier molecular flexibility index (Phi) is 5.80. The molecule has 1 aliphatic heterocycles. The summed E-state index contributed by atoms with van der Waals surface area (Å²) in [5, 5.41) is 0. The van der Waals surface area contributed by atoms with Crippen molar-refractivity contribution in [1.29, 1.82) is 0 Å². The lowest BCUT2D eigenvalue weighted by molar-refractivity contribution is 0.0995. The van der Waals surface area contributed by atoms with E-state index < -0.39 is 0 Å². The number of pyridine rings is 1. The van der Waals surface area contributed by atoms with Crippen LogP contribution >= 0.6 is 0 Å². The van der Waals surface area contributed by atoms with Gasteiger partial charge in [-0.25, -0.2) is 4.98 Å². The zero-order valence-corrected chi connectivity index (χ0v) is 13.0. The summed E-state index contributed by atoms with van der Waals surface area (Å²) < 4.78 is 5.66. The maximum atomic E-state index is 5.66. The van der Waals surface area contributed by atoms with Crippen LogP contribution in [0.3, 0.4) is 0 Å². The maximum absolute atomic E-state index is 5.66. The lowest BCUT2D eigenvalue weighted by atomic mass is 10.1. The van der Waals surface area contributed by atoms with Gasteiger partial charge in [0.25, 0.3) is 0 Å². The van der Waals surface area contributed by atoms with E-state index in [-0.39, 0.29) is 0 Å². The summed E-state index contributed by atoms with van der Waals surface area (Å²) in [5.74, 6) is 1.01. The van der Waals surface area contributed by atoms with E-state index in [2.05, 4.69) is 29.1 Å². The van der Waals surface area contributed by atoms with Gasteiger partial charge < -0.3 is 14.5 Å². The standard InChI is InChI=1S/C16H27N3O/c1-18(2)16-9-8-14(12-17-16)13-19(3)10-4-6-15-7-5-11-20-15/h8-9,12,15H,4-7,10-11,13H2,1-3H3. The molecule has 1 saturated heterocycles. The van der Waals surface area contributed by atoms with Gasteiger partial charge in [-0.3, -0.25) is 0 Å². The fourth-order valence-corrected chi connectivity index (χ4v) is 2.63. The van der Waals surface area contributed by atoms with Gasteiger partial charge in [0.05, 0.1) is 6.10 Å². The number of nitrogens with zero attached hydrogens (tertiary/aromatic N) is 3. The van der Waals surface area contributed by atoms with Crippen molar-refractivity contribution in [3.8, 4) is 0 Å². The molecular formula is C16H27N3O. The molecule has 4 nitrogen and oxygen atoms in total. The predicted molar refractivity (Wildman–Crippen MR) is 83.1 cm³/mol. The normalized spacial score (nSPS) is 18.7. The highest BCUT2D eigenvalue weighted by Gasteiger charge is 2.14. The SMILES string of the molecule is CN(CCCC1CCCO1)Cc1ccc(N(C)C)nc1. The van der Waals surface area contributed by atoms with Crippen molar-refractivity contribution in [2.75, 3.05) is 39.2 Å². The Morgan fingerprint density at radius 2 is 2.15 bits per heavy atom. The molecule has 20 heavy (non-hydrogen) atoms. The van der Waals surface area contributed by atoms with Gasteiger partial charge in [-0.05, 0) is 50.9 Å². The van der Waals surface area contributed by atoms with E-state index >= 15 is 0 Å². The highest BCUT2D eigenvalue weighted by Crippen LogP contribution is 2.17. The fourth-order valence-electron chi connectivity index (χ4n) is 2.63. The van der Waals surface area contributed by atoms with Crippen LogP contribution in [-0.4, -0.2) is 50.3 Å². The number of ether oxygens (including phenoxy) is 1. The van der Waals surface area contributed by atoms with E-state index in [1.54, 1.807) is 0 Å². The molecule has 1 aromatic heterocycles. The van der Waals surface area contributed by atoms with Crippen LogP contribution in [0.4, 0.5) is 5.82 Å². The van der Waals surface area contributed by atoms with E-state index in [1.807, 2.05) is 25.2 Å². The summed E-state index contributed by atoms with van der Waals surface area (Å²) in [4.78, 5) is 8.84. The topological polar surface area (TPSA) is 28.6 Å². The van der Waals surface area contributed by atoms with E-state index in [4.69, 9.17) is 4.74 Å². The fraction of sp³-hybridized carbons (Fsp3) is 0.688. The first kappa shape index (κ1) is 15.3. The third kappa shape index (κ3) is 4.76. The second kappa shape index (κ2) is 7.60. The minimum atomic E-state index is 0.518. The second-order valence-corrected chi connectivity index (χ2v) is 5.93. The molecule has 4 heteroatoms. The van der Waals surface area contributed by atoms with Crippen molar-refractivity contribution in [3.63, 3.8) is 0 Å². The Morgan fingerprint density at radius 3 is 2.75 bits per heavy atom. The summed E-state index contributed by atoms with van der Waals surface area (Å²) in [7, 11) is 6.20. The van der Waals surface area contributed by atoms with E-state index in [0.29, 0.717) is 6.10 Å². The molecular weight excluding hydrogens is 250 g/mol. The van der Waals surface area contributed by atoms with Crippen molar-refractivity contribution in [2.45, 2.75) is 38.3 Å². The minimum Gasteiger partial charge on any atom is -0.378 e. The molecule has 0 N–H and O–H groups in total. The first-order valence-electron chi connectivity index (χ1n) is 7.57. The van der Waals surface area contributed by atoms with Crippen LogP contribution < -0.4 is 4.90 Å². The average Bonchev–Trinajstić information content (AvgIpc) is 2.92. The number of hydrogen-bond donors (Lipinski definition) is 0. The lowest BCUT2D eigenvalue weighted by Gasteiger charge is -2.18. The lowest BCUT2D eigenvalue weighted by Crippen LogP contribution is -2.20. The number of aromatic nitrogens is 1. The first-order valence-corrected chi connectivity index (χ1v) is 7.57. The van der Waals surface area contributed by atoms with Crippen LogP contribution in [0.2, 0.25) is 0 Å². The predicted octanol–water partition coefficient (Wildman–Crippen LogP) is 2.54. The maximum Gasteiger partial charge on any atom is 0.127 e. The van der Waals surface area contributed by atoms with Crippen molar-refractivity contribution in [2.24, 2.45) is 0 Å². The molecule has 0 aromatic carbocycles. The molecule has 1 unspecified atom stereocenters. The molecule has 2 heterocycles. The quantitative estimate of drug-likeness (QED) is 0.766. The molecule has 0 radical (unpaired) electrons. The molecule has 2 rings (SSSR count). The Labute approximate surface area is 122 Å². The average molecular weight is 277 g/mol. The molecule has 0 amide bonds. The number of anilines is 1. The highest BCUT2D eigenvalue weighted by atomic mass is 16.5. The van der Waals surface area contributed by atoms with Gasteiger partial charge in [-0.2, -0.15) is 0 Å². The molecule has 0 bridgehead atoms. The molecule has 0 spiro atoms. The highest BCUT2D eigenvalue weighted by molar-refractivity contribution is 5.37. The largest absolute Gasteiger partial charge is 0.378 e. The van der Waals surface area contributed by atoms with E-state index in [9.17, 15) is 0 Å². The summed E-state index contributed by atoms with van der Waals surface area (Å²) >= 11 is 0. The molecule has 1 aromatic rings. The van der Waals surface area contributed by atoms with Gasteiger partial charge in [0.1, 0.15) is 5.82 Å². The van der Waals surface area contributed by atoms with Crippen LogP contribution in [-0.2, 0) is 11.3 Å². The molecule has 1 aliphatic rings. The van der Waals surface area contributed by atoms with E-state index in [0.717, 1.165) is 25.5 Å². The van der Waals surface area contributed by atoms with Crippen LogP contribution in [0.5, 0.6) is 0 Å². The zero-order valence-electron chi connectivity index (χ0n) is 13.0. The van der Waals surface area contributed by atoms with Crippen LogP contribution in [0.25, 0.3) is 0 Å². The number of rotatable bonds is 7. The first-order chi connectivity index (χ1) is 9.65. The van der Waals surface area contributed by atoms with Gasteiger partial charge in [-0.1, -0.05) is 6.07 Å². The monoisotopic (exact) mass is 277 g/mol. The smallest absolute Gasteiger partial charge is 0.127 e. The third-order valence-electron chi connectivity index (χ3n) is 3.81. The van der Waals surface area contributed by atoms with Crippen LogP contribution in [0, 0.1) is 0 Å². The summed E-state index contributed by atoms with van der Waals surface area (Å²) in [6.07, 6.45) is 7.40. The van der Waals surface area contributed by atoms with Gasteiger partial charge in [0, 0.05) is 33.4 Å². The minimum absolute atomic E-state index is 0.518. The van der Waals surface area contributed by atoms with Crippen LogP contribution in [0.1, 0.15) is 31.2 Å². The molecule has 1 atom stereocenters. The summed E-state index contributed by atoms with van der Waals surface area (Å²) in [6.45, 7) is 3.05. The zero-order chi connectivity index (χ0) is 14.4. The molecule has 112 valence electrons. The third-order valence-corrected chi connectivity index (χ3v) is 3.81.